The molecule has 8 heteroatoms. The molecule has 0 atom stereocenters. The molecule has 0 unspecified atom stereocenters. The molecule has 0 amide bonds. The molecule has 1 aromatic carbocycles. The lowest BCUT2D eigenvalue weighted by molar-refractivity contribution is 0.411. The molecule has 1 N–H and O–H groups in total. The Kier molecular flexibility index (Phi) is 4.69. The molecule has 0 aliphatic heterocycles. The van der Waals surface area contributed by atoms with Crippen molar-refractivity contribution >= 4 is 26.0 Å². The maximum atomic E-state index is 12.1. The minimum absolute atomic E-state index is 0.106. The van der Waals surface area contributed by atoms with Crippen LogP contribution in [0.2, 0.25) is 0 Å². The third-order valence-electron chi connectivity index (χ3n) is 2.52. The van der Waals surface area contributed by atoms with Crippen molar-refractivity contribution in [3.63, 3.8) is 0 Å². The van der Waals surface area contributed by atoms with Gasteiger partial charge in [-0.05, 0) is 40.2 Å². The minimum Gasteiger partial charge on any atom is -0.496 e. The van der Waals surface area contributed by atoms with Gasteiger partial charge in [-0.25, -0.2) is 23.1 Å². The summed E-state index contributed by atoms with van der Waals surface area (Å²) >= 11 is 3.26. The first-order chi connectivity index (χ1) is 9.53. The lowest BCUT2D eigenvalue weighted by atomic mass is 10.3. The molecule has 0 aliphatic rings. The van der Waals surface area contributed by atoms with Crippen molar-refractivity contribution in [2.24, 2.45) is 0 Å². The zero-order chi connectivity index (χ0) is 14.6. The largest absolute Gasteiger partial charge is 0.496 e. The first kappa shape index (κ1) is 14.9. The molecule has 0 radical (unpaired) electrons. The van der Waals surface area contributed by atoms with E-state index in [-0.39, 0.29) is 11.4 Å². The molecular weight excluding hydrogens is 346 g/mol. The molecule has 1 aromatic heterocycles. The Morgan fingerprint density at radius 3 is 2.75 bits per heavy atom. The van der Waals surface area contributed by atoms with Gasteiger partial charge in [-0.3, -0.25) is 0 Å². The van der Waals surface area contributed by atoms with Crippen LogP contribution in [0.5, 0.6) is 5.75 Å². The summed E-state index contributed by atoms with van der Waals surface area (Å²) in [6.07, 6.45) is 2.92. The number of benzene rings is 1. The second-order valence-electron chi connectivity index (χ2n) is 3.82. The third kappa shape index (κ3) is 3.53. The van der Waals surface area contributed by atoms with E-state index < -0.39 is 10.0 Å². The van der Waals surface area contributed by atoms with Gasteiger partial charge in [-0.2, -0.15) is 0 Å². The molecule has 0 bridgehead atoms. The van der Waals surface area contributed by atoms with Gasteiger partial charge in [-0.15, -0.1) is 0 Å². The number of nitrogens with one attached hydrogen (secondary N) is 1. The van der Waals surface area contributed by atoms with Crippen molar-refractivity contribution in [3.8, 4) is 5.75 Å². The fourth-order valence-corrected chi connectivity index (χ4v) is 3.21. The van der Waals surface area contributed by atoms with Gasteiger partial charge in [0.05, 0.1) is 28.7 Å². The van der Waals surface area contributed by atoms with Gasteiger partial charge in [0.1, 0.15) is 12.1 Å². The number of methoxy groups -OCH3 is 1. The predicted molar refractivity (Wildman–Crippen MR) is 76.8 cm³/mol. The van der Waals surface area contributed by atoms with E-state index in [0.717, 1.165) is 0 Å². The van der Waals surface area contributed by atoms with Crippen molar-refractivity contribution in [3.05, 3.63) is 47.0 Å². The Morgan fingerprint density at radius 2 is 2.15 bits per heavy atom. The zero-order valence-electron chi connectivity index (χ0n) is 10.6. The Morgan fingerprint density at radius 1 is 1.35 bits per heavy atom. The van der Waals surface area contributed by atoms with Crippen LogP contribution in [0, 0.1) is 0 Å². The number of hydrogen-bond donors (Lipinski definition) is 1. The van der Waals surface area contributed by atoms with E-state index in [1.54, 1.807) is 18.3 Å². The van der Waals surface area contributed by atoms with Crippen LogP contribution in [0.1, 0.15) is 5.69 Å². The molecule has 0 spiro atoms. The number of hydrogen-bond acceptors (Lipinski definition) is 5. The monoisotopic (exact) mass is 357 g/mol. The zero-order valence-corrected chi connectivity index (χ0v) is 13.0. The summed E-state index contributed by atoms with van der Waals surface area (Å²) < 4.78 is 32.4. The number of aromatic nitrogens is 2. The summed E-state index contributed by atoms with van der Waals surface area (Å²) in [5.41, 5.74) is 0.594. The summed E-state index contributed by atoms with van der Waals surface area (Å²) in [4.78, 5) is 7.88. The van der Waals surface area contributed by atoms with Crippen LogP contribution < -0.4 is 9.46 Å². The fourth-order valence-electron chi connectivity index (χ4n) is 1.49. The molecule has 106 valence electrons. The van der Waals surface area contributed by atoms with E-state index in [4.69, 9.17) is 4.74 Å². The topological polar surface area (TPSA) is 81.2 Å². The molecule has 0 saturated carbocycles. The lowest BCUT2D eigenvalue weighted by Gasteiger charge is -2.08. The number of rotatable bonds is 5. The molecule has 0 aliphatic carbocycles. The van der Waals surface area contributed by atoms with E-state index in [0.29, 0.717) is 15.9 Å². The molecule has 0 saturated heterocycles. The maximum absolute atomic E-state index is 12.1. The SMILES string of the molecule is COc1ccc(S(=O)(=O)NCc2ccncn2)cc1Br. The van der Waals surface area contributed by atoms with Crippen molar-refractivity contribution in [1.82, 2.24) is 14.7 Å². The highest BCUT2D eigenvalue weighted by molar-refractivity contribution is 9.10. The number of ether oxygens (including phenoxy) is 1. The summed E-state index contributed by atoms with van der Waals surface area (Å²) in [6.45, 7) is 0.106. The Labute approximate surface area is 125 Å². The molecular formula is C12H12BrN3O3S. The van der Waals surface area contributed by atoms with Gasteiger partial charge in [-0.1, -0.05) is 0 Å². The van der Waals surface area contributed by atoms with Crippen LogP contribution in [-0.4, -0.2) is 25.5 Å². The summed E-state index contributed by atoms with van der Waals surface area (Å²) in [7, 11) is -2.09. The summed E-state index contributed by atoms with van der Waals surface area (Å²) in [5, 5.41) is 0. The van der Waals surface area contributed by atoms with Crippen LogP contribution >= 0.6 is 15.9 Å². The normalized spacial score (nSPS) is 11.3. The van der Waals surface area contributed by atoms with Crippen LogP contribution in [0.25, 0.3) is 0 Å². The van der Waals surface area contributed by atoms with E-state index in [1.807, 2.05) is 0 Å². The van der Waals surface area contributed by atoms with Crippen LogP contribution in [0.15, 0.2) is 46.2 Å². The van der Waals surface area contributed by atoms with Gasteiger partial charge in [0.2, 0.25) is 10.0 Å². The van der Waals surface area contributed by atoms with Gasteiger partial charge in [0.25, 0.3) is 0 Å². The Hall–Kier alpha value is -1.51. The highest BCUT2D eigenvalue weighted by Gasteiger charge is 2.15. The van der Waals surface area contributed by atoms with Crippen LogP contribution in [0.3, 0.4) is 0 Å². The molecule has 0 fully saturated rings. The summed E-state index contributed by atoms with van der Waals surface area (Å²) in [5.74, 6) is 0.569. The third-order valence-corrected chi connectivity index (χ3v) is 4.54. The van der Waals surface area contributed by atoms with Gasteiger partial charge >= 0.3 is 0 Å². The average Bonchev–Trinajstić information content (AvgIpc) is 2.46. The quantitative estimate of drug-likeness (QED) is 0.880. The predicted octanol–water partition coefficient (Wildman–Crippen LogP) is 1.73. The fraction of sp³-hybridized carbons (Fsp3) is 0.167. The standard InChI is InChI=1S/C12H12BrN3O3S/c1-19-12-3-2-10(6-11(12)13)20(17,18)16-7-9-4-5-14-8-15-9/h2-6,8,16H,7H2,1H3. The second-order valence-corrected chi connectivity index (χ2v) is 6.44. The van der Waals surface area contributed by atoms with Gasteiger partial charge in [0.15, 0.2) is 0 Å². The van der Waals surface area contributed by atoms with Crippen molar-refractivity contribution in [2.75, 3.05) is 7.11 Å². The first-order valence-corrected chi connectivity index (χ1v) is 7.88. The van der Waals surface area contributed by atoms with Crippen LogP contribution in [-0.2, 0) is 16.6 Å². The lowest BCUT2D eigenvalue weighted by Crippen LogP contribution is -2.23. The Bertz CT molecular complexity index is 692. The first-order valence-electron chi connectivity index (χ1n) is 5.61. The highest BCUT2D eigenvalue weighted by atomic mass is 79.9. The average molecular weight is 358 g/mol. The number of nitrogens with zero attached hydrogens (tertiary/aromatic N) is 2. The molecule has 20 heavy (non-hydrogen) atoms. The van der Waals surface area contributed by atoms with E-state index in [9.17, 15) is 8.42 Å². The van der Waals surface area contributed by atoms with Crippen LogP contribution in [0.4, 0.5) is 0 Å². The molecule has 2 rings (SSSR count). The maximum Gasteiger partial charge on any atom is 0.240 e. The van der Waals surface area contributed by atoms with Crippen molar-refractivity contribution < 1.29 is 13.2 Å². The smallest absolute Gasteiger partial charge is 0.240 e. The summed E-state index contributed by atoms with van der Waals surface area (Å²) in [6, 6.07) is 6.20. The van der Waals surface area contributed by atoms with E-state index in [2.05, 4.69) is 30.6 Å². The van der Waals surface area contributed by atoms with Gasteiger partial charge < -0.3 is 4.74 Å². The van der Waals surface area contributed by atoms with Crippen molar-refractivity contribution in [1.29, 1.82) is 0 Å². The number of halogens is 1. The second kappa shape index (κ2) is 6.29. The van der Waals surface area contributed by atoms with Crippen molar-refractivity contribution in [2.45, 2.75) is 11.4 Å². The van der Waals surface area contributed by atoms with E-state index in [1.165, 1.54) is 25.6 Å². The van der Waals surface area contributed by atoms with E-state index >= 15 is 0 Å². The highest BCUT2D eigenvalue weighted by Crippen LogP contribution is 2.27. The molecule has 1 heterocycles. The number of sulfonamides is 1. The Balaban J connectivity index is 2.16. The van der Waals surface area contributed by atoms with Gasteiger partial charge in [0, 0.05) is 6.20 Å². The molecule has 6 nitrogen and oxygen atoms in total. The minimum atomic E-state index is -3.60. The molecule has 2 aromatic rings.